The number of phenolic OH excluding ortho intramolecular Hbond substituents is 1. The lowest BCUT2D eigenvalue weighted by atomic mass is 10.1. The smallest absolute Gasteiger partial charge is 0.160 e. The average molecular weight is 192 g/mol. The van der Waals surface area contributed by atoms with Crippen molar-refractivity contribution in [3.63, 3.8) is 0 Å². The van der Waals surface area contributed by atoms with Crippen molar-refractivity contribution in [2.24, 2.45) is 0 Å². The number of hydrogen-bond donors (Lipinski definition) is 1. The molecule has 1 N–H and O–H groups in total. The predicted octanol–water partition coefficient (Wildman–Crippen LogP) is 2.81. The van der Waals surface area contributed by atoms with Gasteiger partial charge in [-0.05, 0) is 30.5 Å². The van der Waals surface area contributed by atoms with Gasteiger partial charge in [-0.15, -0.1) is 11.3 Å². The second-order valence-corrected chi connectivity index (χ2v) is 3.77. The molecule has 1 heterocycles. The van der Waals surface area contributed by atoms with Gasteiger partial charge in [-0.2, -0.15) is 0 Å². The SMILES string of the molecule is CC(=O)c1ccc(O)c2sccc12. The summed E-state index contributed by atoms with van der Waals surface area (Å²) in [5, 5.41) is 12.2. The molecule has 0 amide bonds. The zero-order valence-corrected chi connectivity index (χ0v) is 7.89. The Balaban J connectivity index is 2.86. The van der Waals surface area contributed by atoms with E-state index >= 15 is 0 Å². The van der Waals surface area contributed by atoms with Gasteiger partial charge in [0.2, 0.25) is 0 Å². The first-order chi connectivity index (χ1) is 6.20. The van der Waals surface area contributed by atoms with Crippen LogP contribution in [0.25, 0.3) is 10.1 Å². The summed E-state index contributed by atoms with van der Waals surface area (Å²) in [5.41, 5.74) is 0.675. The van der Waals surface area contributed by atoms with E-state index in [1.54, 1.807) is 12.1 Å². The maximum atomic E-state index is 11.2. The van der Waals surface area contributed by atoms with Crippen molar-refractivity contribution in [3.05, 3.63) is 29.1 Å². The monoisotopic (exact) mass is 192 g/mol. The Morgan fingerprint density at radius 3 is 2.85 bits per heavy atom. The van der Waals surface area contributed by atoms with E-state index < -0.39 is 0 Å². The molecule has 0 unspecified atom stereocenters. The van der Waals surface area contributed by atoms with E-state index in [1.807, 2.05) is 11.4 Å². The summed E-state index contributed by atoms with van der Waals surface area (Å²) in [6.45, 7) is 1.53. The molecule has 0 fully saturated rings. The van der Waals surface area contributed by atoms with Gasteiger partial charge in [-0.1, -0.05) is 0 Å². The molecule has 1 aromatic carbocycles. The number of fused-ring (bicyclic) bond motifs is 1. The third-order valence-corrected chi connectivity index (χ3v) is 2.91. The standard InChI is InChI=1S/C10H8O2S/c1-6(11)7-2-3-9(12)10-8(7)4-5-13-10/h2-5,12H,1H3. The van der Waals surface area contributed by atoms with Crippen LogP contribution in [0, 0.1) is 0 Å². The van der Waals surface area contributed by atoms with Crippen LogP contribution in [-0.4, -0.2) is 10.9 Å². The van der Waals surface area contributed by atoms with Gasteiger partial charge in [0.05, 0.1) is 4.70 Å². The van der Waals surface area contributed by atoms with Crippen LogP contribution in [-0.2, 0) is 0 Å². The van der Waals surface area contributed by atoms with Crippen LogP contribution in [0.3, 0.4) is 0 Å². The van der Waals surface area contributed by atoms with Crippen LogP contribution in [0.1, 0.15) is 17.3 Å². The van der Waals surface area contributed by atoms with Gasteiger partial charge in [0, 0.05) is 10.9 Å². The topological polar surface area (TPSA) is 37.3 Å². The number of phenols is 1. The van der Waals surface area contributed by atoms with E-state index in [9.17, 15) is 9.90 Å². The zero-order chi connectivity index (χ0) is 9.42. The highest BCUT2D eigenvalue weighted by Gasteiger charge is 2.08. The summed E-state index contributed by atoms with van der Waals surface area (Å²) in [4.78, 5) is 11.2. The molecule has 66 valence electrons. The highest BCUT2D eigenvalue weighted by molar-refractivity contribution is 7.17. The molecular formula is C10H8O2S. The molecule has 0 atom stereocenters. The fourth-order valence-electron chi connectivity index (χ4n) is 1.35. The lowest BCUT2D eigenvalue weighted by Gasteiger charge is -1.99. The molecule has 2 nitrogen and oxygen atoms in total. The number of Topliss-reactive ketones (excluding diaryl/α,β-unsaturated/α-hetero) is 1. The number of thiophene rings is 1. The maximum absolute atomic E-state index is 11.2. The van der Waals surface area contributed by atoms with E-state index in [-0.39, 0.29) is 11.5 Å². The van der Waals surface area contributed by atoms with Crippen LogP contribution in [0.2, 0.25) is 0 Å². The van der Waals surface area contributed by atoms with E-state index in [0.29, 0.717) is 5.56 Å². The summed E-state index contributed by atoms with van der Waals surface area (Å²) >= 11 is 1.44. The van der Waals surface area contributed by atoms with Gasteiger partial charge in [0.25, 0.3) is 0 Å². The third-order valence-electron chi connectivity index (χ3n) is 1.98. The fourth-order valence-corrected chi connectivity index (χ4v) is 2.19. The Kier molecular flexibility index (Phi) is 1.81. The molecule has 1 aromatic heterocycles. The molecule has 0 aliphatic carbocycles. The Labute approximate surface area is 79.4 Å². The van der Waals surface area contributed by atoms with Gasteiger partial charge in [-0.3, -0.25) is 4.79 Å². The minimum Gasteiger partial charge on any atom is -0.506 e. The molecule has 0 radical (unpaired) electrons. The van der Waals surface area contributed by atoms with Gasteiger partial charge in [0.1, 0.15) is 5.75 Å². The normalized spacial score (nSPS) is 10.5. The molecule has 2 rings (SSSR count). The lowest BCUT2D eigenvalue weighted by molar-refractivity contribution is 0.101. The summed E-state index contributed by atoms with van der Waals surface area (Å²) in [7, 11) is 0. The van der Waals surface area contributed by atoms with Crippen molar-refractivity contribution >= 4 is 27.2 Å². The molecule has 13 heavy (non-hydrogen) atoms. The number of ketones is 1. The molecular weight excluding hydrogens is 184 g/mol. The van der Waals surface area contributed by atoms with Crippen molar-refractivity contribution in [1.29, 1.82) is 0 Å². The van der Waals surface area contributed by atoms with Crippen LogP contribution >= 0.6 is 11.3 Å². The van der Waals surface area contributed by atoms with Gasteiger partial charge in [0.15, 0.2) is 5.78 Å². The molecule has 0 bridgehead atoms. The van der Waals surface area contributed by atoms with Crippen molar-refractivity contribution in [2.75, 3.05) is 0 Å². The van der Waals surface area contributed by atoms with E-state index in [4.69, 9.17) is 0 Å². The minimum absolute atomic E-state index is 0.0309. The van der Waals surface area contributed by atoms with Crippen LogP contribution in [0.5, 0.6) is 5.75 Å². The quantitative estimate of drug-likeness (QED) is 0.705. The fraction of sp³-hybridized carbons (Fsp3) is 0.100. The molecule has 0 spiro atoms. The summed E-state index contributed by atoms with van der Waals surface area (Å²) in [6.07, 6.45) is 0. The van der Waals surface area contributed by atoms with E-state index in [2.05, 4.69) is 0 Å². The Hall–Kier alpha value is -1.35. The second-order valence-electron chi connectivity index (χ2n) is 2.85. The molecule has 0 aliphatic rings. The number of rotatable bonds is 1. The zero-order valence-electron chi connectivity index (χ0n) is 7.07. The van der Waals surface area contributed by atoms with Crippen molar-refractivity contribution in [2.45, 2.75) is 6.92 Å². The lowest BCUT2D eigenvalue weighted by Crippen LogP contribution is -1.91. The third kappa shape index (κ3) is 1.21. The number of aromatic hydroxyl groups is 1. The first kappa shape index (κ1) is 8.26. The number of carbonyl (C=O) groups is 1. The van der Waals surface area contributed by atoms with Crippen molar-refractivity contribution in [1.82, 2.24) is 0 Å². The highest BCUT2D eigenvalue weighted by Crippen LogP contribution is 2.32. The van der Waals surface area contributed by atoms with Crippen LogP contribution in [0.4, 0.5) is 0 Å². The number of hydrogen-bond acceptors (Lipinski definition) is 3. The first-order valence-corrected chi connectivity index (χ1v) is 4.78. The van der Waals surface area contributed by atoms with Crippen molar-refractivity contribution < 1.29 is 9.90 Å². The van der Waals surface area contributed by atoms with Crippen LogP contribution < -0.4 is 0 Å². The Morgan fingerprint density at radius 1 is 1.38 bits per heavy atom. The Bertz CT molecular complexity index is 471. The minimum atomic E-state index is 0.0309. The maximum Gasteiger partial charge on any atom is 0.160 e. The molecule has 0 aliphatic heterocycles. The Morgan fingerprint density at radius 2 is 2.15 bits per heavy atom. The van der Waals surface area contributed by atoms with E-state index in [1.165, 1.54) is 18.3 Å². The summed E-state index contributed by atoms with van der Waals surface area (Å²) < 4.78 is 0.785. The largest absolute Gasteiger partial charge is 0.506 e. The second kappa shape index (κ2) is 2.85. The first-order valence-electron chi connectivity index (χ1n) is 3.90. The van der Waals surface area contributed by atoms with Gasteiger partial charge >= 0.3 is 0 Å². The molecule has 2 aromatic rings. The summed E-state index contributed by atoms with van der Waals surface area (Å²) in [6, 6.07) is 5.08. The highest BCUT2D eigenvalue weighted by atomic mass is 32.1. The van der Waals surface area contributed by atoms with Crippen molar-refractivity contribution in [3.8, 4) is 5.75 Å². The van der Waals surface area contributed by atoms with E-state index in [0.717, 1.165) is 10.1 Å². The van der Waals surface area contributed by atoms with Gasteiger partial charge < -0.3 is 5.11 Å². The van der Waals surface area contributed by atoms with Gasteiger partial charge in [-0.25, -0.2) is 0 Å². The average Bonchev–Trinajstić information content (AvgIpc) is 2.53. The number of carbonyl (C=O) groups excluding carboxylic acids is 1. The molecule has 3 heteroatoms. The summed E-state index contributed by atoms with van der Waals surface area (Å²) in [5.74, 6) is 0.276. The molecule has 0 saturated carbocycles. The number of benzene rings is 1. The predicted molar refractivity (Wildman–Crippen MR) is 53.5 cm³/mol. The van der Waals surface area contributed by atoms with Crippen LogP contribution in [0.15, 0.2) is 23.6 Å². The molecule has 0 saturated heterocycles.